The maximum absolute atomic E-state index is 12.9. The second kappa shape index (κ2) is 4.62. The SMILES string of the molecule is CC(C)C1CC(Nc2ccc(F)c(Cl)c2)C1. The Bertz CT molecular complexity index is 372. The molecule has 88 valence electrons. The van der Waals surface area contributed by atoms with Crippen molar-refractivity contribution in [3.8, 4) is 0 Å². The molecular formula is C13H17ClFN. The minimum absolute atomic E-state index is 0.185. The molecule has 0 aliphatic heterocycles. The number of rotatable bonds is 3. The predicted octanol–water partition coefficient (Wildman–Crippen LogP) is 4.33. The van der Waals surface area contributed by atoms with Gasteiger partial charge in [0.25, 0.3) is 0 Å². The topological polar surface area (TPSA) is 12.0 Å². The molecule has 0 atom stereocenters. The van der Waals surface area contributed by atoms with Crippen LogP contribution < -0.4 is 5.32 Å². The fourth-order valence-electron chi connectivity index (χ4n) is 2.15. The predicted molar refractivity (Wildman–Crippen MR) is 66.4 cm³/mol. The Balaban J connectivity index is 1.89. The van der Waals surface area contributed by atoms with Crippen LogP contribution in [0.15, 0.2) is 18.2 Å². The number of hydrogen-bond donors (Lipinski definition) is 1. The van der Waals surface area contributed by atoms with Gasteiger partial charge in [0.15, 0.2) is 0 Å². The summed E-state index contributed by atoms with van der Waals surface area (Å²) in [6, 6.07) is 5.32. The normalized spacial score (nSPS) is 24.3. The van der Waals surface area contributed by atoms with E-state index in [1.165, 1.54) is 18.9 Å². The average Bonchev–Trinajstić information content (AvgIpc) is 2.15. The van der Waals surface area contributed by atoms with E-state index in [0.717, 1.165) is 17.5 Å². The molecule has 1 saturated carbocycles. The van der Waals surface area contributed by atoms with Gasteiger partial charge in [0.2, 0.25) is 0 Å². The van der Waals surface area contributed by atoms with Crippen LogP contribution in [0.3, 0.4) is 0 Å². The quantitative estimate of drug-likeness (QED) is 0.831. The second-order valence-electron chi connectivity index (χ2n) is 4.95. The van der Waals surface area contributed by atoms with E-state index in [4.69, 9.17) is 11.6 Å². The summed E-state index contributed by atoms with van der Waals surface area (Å²) in [4.78, 5) is 0. The summed E-state index contributed by atoms with van der Waals surface area (Å²) in [5, 5.41) is 3.57. The third-order valence-electron chi connectivity index (χ3n) is 3.41. The molecule has 1 aromatic carbocycles. The van der Waals surface area contributed by atoms with Gasteiger partial charge in [-0.05, 0) is 42.9 Å². The molecule has 1 nitrogen and oxygen atoms in total. The highest BCUT2D eigenvalue weighted by atomic mass is 35.5. The molecule has 1 N–H and O–H groups in total. The Morgan fingerprint density at radius 1 is 1.38 bits per heavy atom. The summed E-state index contributed by atoms with van der Waals surface area (Å²) in [5.41, 5.74) is 0.915. The van der Waals surface area contributed by atoms with Gasteiger partial charge in [-0.2, -0.15) is 0 Å². The lowest BCUT2D eigenvalue weighted by atomic mass is 9.73. The molecule has 1 fully saturated rings. The summed E-state index contributed by atoms with van der Waals surface area (Å²) in [6.45, 7) is 4.52. The Morgan fingerprint density at radius 3 is 2.62 bits per heavy atom. The van der Waals surface area contributed by atoms with Gasteiger partial charge >= 0.3 is 0 Å². The van der Waals surface area contributed by atoms with Crippen LogP contribution in [-0.4, -0.2) is 6.04 Å². The van der Waals surface area contributed by atoms with Crippen molar-refractivity contribution >= 4 is 17.3 Å². The maximum atomic E-state index is 12.9. The molecular weight excluding hydrogens is 225 g/mol. The Hall–Kier alpha value is -0.760. The molecule has 0 aromatic heterocycles. The van der Waals surface area contributed by atoms with Crippen LogP contribution >= 0.6 is 11.6 Å². The highest BCUT2D eigenvalue weighted by molar-refractivity contribution is 6.31. The van der Waals surface area contributed by atoms with Crippen molar-refractivity contribution in [3.63, 3.8) is 0 Å². The molecule has 0 amide bonds. The van der Waals surface area contributed by atoms with Crippen molar-refractivity contribution in [1.29, 1.82) is 0 Å². The molecule has 2 rings (SSSR count). The van der Waals surface area contributed by atoms with Gasteiger partial charge in [-0.25, -0.2) is 4.39 Å². The lowest BCUT2D eigenvalue weighted by molar-refractivity contribution is 0.212. The van der Waals surface area contributed by atoms with Crippen molar-refractivity contribution in [1.82, 2.24) is 0 Å². The molecule has 1 aromatic rings. The highest BCUT2D eigenvalue weighted by Crippen LogP contribution is 2.35. The summed E-state index contributed by atoms with van der Waals surface area (Å²) < 4.78 is 12.9. The number of benzene rings is 1. The second-order valence-corrected chi connectivity index (χ2v) is 5.35. The van der Waals surface area contributed by atoms with Gasteiger partial charge in [-0.15, -0.1) is 0 Å². The summed E-state index contributed by atoms with van der Waals surface area (Å²) in [7, 11) is 0. The van der Waals surface area contributed by atoms with Crippen molar-refractivity contribution in [3.05, 3.63) is 29.0 Å². The third-order valence-corrected chi connectivity index (χ3v) is 3.70. The Kier molecular flexibility index (Phi) is 3.38. The van der Waals surface area contributed by atoms with Gasteiger partial charge in [0, 0.05) is 11.7 Å². The van der Waals surface area contributed by atoms with E-state index < -0.39 is 0 Å². The van der Waals surface area contributed by atoms with E-state index in [0.29, 0.717) is 6.04 Å². The number of halogens is 2. The molecule has 0 bridgehead atoms. The average molecular weight is 242 g/mol. The van der Waals surface area contributed by atoms with Gasteiger partial charge in [0.05, 0.1) is 5.02 Å². The third kappa shape index (κ3) is 2.49. The van der Waals surface area contributed by atoms with Crippen LogP contribution in [-0.2, 0) is 0 Å². The Labute approximate surface area is 101 Å². The first-order valence-corrected chi connectivity index (χ1v) is 6.15. The molecule has 1 aliphatic carbocycles. The molecule has 0 spiro atoms. The number of anilines is 1. The van der Waals surface area contributed by atoms with Crippen LogP contribution in [0.25, 0.3) is 0 Å². The first-order valence-electron chi connectivity index (χ1n) is 5.78. The fraction of sp³-hybridized carbons (Fsp3) is 0.538. The molecule has 1 aliphatic rings. The zero-order valence-electron chi connectivity index (χ0n) is 9.63. The van der Waals surface area contributed by atoms with E-state index in [-0.39, 0.29) is 10.8 Å². The zero-order chi connectivity index (χ0) is 11.7. The van der Waals surface area contributed by atoms with E-state index in [1.807, 2.05) is 0 Å². The molecule has 16 heavy (non-hydrogen) atoms. The van der Waals surface area contributed by atoms with Crippen LogP contribution in [0.4, 0.5) is 10.1 Å². The van der Waals surface area contributed by atoms with E-state index >= 15 is 0 Å². The van der Waals surface area contributed by atoms with E-state index in [1.54, 1.807) is 12.1 Å². The summed E-state index contributed by atoms with van der Waals surface area (Å²) in [6.07, 6.45) is 2.40. The number of hydrogen-bond acceptors (Lipinski definition) is 1. The lowest BCUT2D eigenvalue weighted by Crippen LogP contribution is -2.37. The minimum Gasteiger partial charge on any atom is -0.382 e. The smallest absolute Gasteiger partial charge is 0.141 e. The van der Waals surface area contributed by atoms with Crippen LogP contribution in [0.2, 0.25) is 5.02 Å². The maximum Gasteiger partial charge on any atom is 0.141 e. The first-order chi connectivity index (χ1) is 7.56. The number of nitrogens with one attached hydrogen (secondary N) is 1. The Morgan fingerprint density at radius 2 is 2.06 bits per heavy atom. The van der Waals surface area contributed by atoms with Gasteiger partial charge in [-0.3, -0.25) is 0 Å². The van der Waals surface area contributed by atoms with Gasteiger partial charge < -0.3 is 5.32 Å². The largest absolute Gasteiger partial charge is 0.382 e. The standard InChI is InChI=1S/C13H17ClFN/c1-8(2)9-5-11(6-9)16-10-3-4-13(15)12(14)7-10/h3-4,7-9,11,16H,5-6H2,1-2H3. The first kappa shape index (κ1) is 11.7. The van der Waals surface area contributed by atoms with Crippen molar-refractivity contribution in [2.75, 3.05) is 5.32 Å². The summed E-state index contributed by atoms with van der Waals surface area (Å²) >= 11 is 5.72. The van der Waals surface area contributed by atoms with E-state index in [2.05, 4.69) is 19.2 Å². The molecule has 0 unspecified atom stereocenters. The van der Waals surface area contributed by atoms with Crippen molar-refractivity contribution in [2.24, 2.45) is 11.8 Å². The molecule has 3 heteroatoms. The van der Waals surface area contributed by atoms with Crippen LogP contribution in [0.1, 0.15) is 26.7 Å². The minimum atomic E-state index is -0.360. The zero-order valence-corrected chi connectivity index (χ0v) is 10.4. The molecule has 0 radical (unpaired) electrons. The van der Waals surface area contributed by atoms with Crippen molar-refractivity contribution in [2.45, 2.75) is 32.7 Å². The monoisotopic (exact) mass is 241 g/mol. The molecule has 0 heterocycles. The van der Waals surface area contributed by atoms with Gasteiger partial charge in [0.1, 0.15) is 5.82 Å². The fourth-order valence-corrected chi connectivity index (χ4v) is 2.33. The van der Waals surface area contributed by atoms with Crippen LogP contribution in [0, 0.1) is 17.7 Å². The highest BCUT2D eigenvalue weighted by Gasteiger charge is 2.30. The van der Waals surface area contributed by atoms with Crippen molar-refractivity contribution < 1.29 is 4.39 Å². The molecule has 0 saturated heterocycles. The van der Waals surface area contributed by atoms with E-state index in [9.17, 15) is 4.39 Å². The summed E-state index contributed by atoms with van der Waals surface area (Å²) in [5.74, 6) is 1.23. The lowest BCUT2D eigenvalue weighted by Gasteiger charge is -2.39. The van der Waals surface area contributed by atoms with Gasteiger partial charge in [-0.1, -0.05) is 25.4 Å². The van der Waals surface area contributed by atoms with Crippen LogP contribution in [0.5, 0.6) is 0 Å².